The lowest BCUT2D eigenvalue weighted by atomic mass is 9.99. The predicted octanol–water partition coefficient (Wildman–Crippen LogP) is 3.36. The Hall–Kier alpha value is -0.0800. The lowest BCUT2D eigenvalue weighted by Gasteiger charge is -2.26. The highest BCUT2D eigenvalue weighted by Crippen LogP contribution is 2.18. The van der Waals surface area contributed by atoms with Gasteiger partial charge in [0.2, 0.25) is 0 Å². The summed E-state index contributed by atoms with van der Waals surface area (Å²) in [5, 5.41) is 3.73. The molecular weight excluding hydrogens is 198 g/mol. The summed E-state index contributed by atoms with van der Waals surface area (Å²) < 4.78 is 5.65. The van der Waals surface area contributed by atoms with Gasteiger partial charge in [0.15, 0.2) is 0 Å². The molecular formula is C14H29NO. The van der Waals surface area contributed by atoms with E-state index in [4.69, 9.17) is 4.74 Å². The van der Waals surface area contributed by atoms with Gasteiger partial charge in [-0.2, -0.15) is 0 Å². The topological polar surface area (TPSA) is 21.3 Å². The number of hydrogen-bond acceptors (Lipinski definition) is 2. The molecule has 2 heteroatoms. The Bertz CT molecular complexity index is 176. The second kappa shape index (κ2) is 7.29. The van der Waals surface area contributed by atoms with Gasteiger partial charge in [-0.15, -0.1) is 0 Å². The Balaban J connectivity index is 2.15. The van der Waals surface area contributed by atoms with E-state index < -0.39 is 0 Å². The van der Waals surface area contributed by atoms with Crippen LogP contribution in [0.1, 0.15) is 59.8 Å². The first-order valence-electron chi connectivity index (χ1n) is 7.01. The highest BCUT2D eigenvalue weighted by atomic mass is 16.5. The average Bonchev–Trinajstić information content (AvgIpc) is 2.75. The summed E-state index contributed by atoms with van der Waals surface area (Å²) in [7, 11) is 0. The smallest absolute Gasteiger partial charge is 0.0576 e. The summed E-state index contributed by atoms with van der Waals surface area (Å²) in [5.41, 5.74) is 0. The molecule has 1 saturated heterocycles. The third-order valence-electron chi connectivity index (χ3n) is 3.69. The highest BCUT2D eigenvalue weighted by molar-refractivity contribution is 4.75. The van der Waals surface area contributed by atoms with Crippen LogP contribution < -0.4 is 5.32 Å². The second-order valence-corrected chi connectivity index (χ2v) is 5.54. The Morgan fingerprint density at radius 1 is 1.31 bits per heavy atom. The van der Waals surface area contributed by atoms with Gasteiger partial charge >= 0.3 is 0 Å². The molecule has 0 radical (unpaired) electrons. The van der Waals surface area contributed by atoms with Crippen LogP contribution in [-0.2, 0) is 4.74 Å². The lowest BCUT2D eigenvalue weighted by Crippen LogP contribution is -2.39. The van der Waals surface area contributed by atoms with Crippen LogP contribution in [0.3, 0.4) is 0 Å². The first-order chi connectivity index (χ1) is 7.63. The van der Waals surface area contributed by atoms with Gasteiger partial charge in [0.25, 0.3) is 0 Å². The van der Waals surface area contributed by atoms with Crippen molar-refractivity contribution < 1.29 is 4.74 Å². The molecule has 16 heavy (non-hydrogen) atoms. The quantitative estimate of drug-likeness (QED) is 0.720. The molecule has 0 aromatic carbocycles. The molecule has 96 valence electrons. The van der Waals surface area contributed by atoms with Crippen molar-refractivity contribution in [3.05, 3.63) is 0 Å². The van der Waals surface area contributed by atoms with Crippen LogP contribution in [-0.4, -0.2) is 24.8 Å². The predicted molar refractivity (Wildman–Crippen MR) is 69.7 cm³/mol. The summed E-state index contributed by atoms with van der Waals surface area (Å²) >= 11 is 0. The summed E-state index contributed by atoms with van der Waals surface area (Å²) in [5.74, 6) is 0.732. The van der Waals surface area contributed by atoms with Crippen molar-refractivity contribution in [2.45, 2.75) is 78.0 Å². The van der Waals surface area contributed by atoms with Crippen LogP contribution in [0.2, 0.25) is 0 Å². The standard InChI is InChI=1S/C14H29NO/c1-5-14(11(2)3)15-12(4)8-9-13-7-6-10-16-13/h11-15H,5-10H2,1-4H3. The minimum absolute atomic E-state index is 0.545. The minimum atomic E-state index is 0.545. The van der Waals surface area contributed by atoms with Gasteiger partial charge in [-0.05, 0) is 44.9 Å². The van der Waals surface area contributed by atoms with Gasteiger partial charge in [0.05, 0.1) is 6.10 Å². The Labute approximate surface area is 101 Å². The van der Waals surface area contributed by atoms with Gasteiger partial charge in [-0.25, -0.2) is 0 Å². The molecule has 1 aliphatic rings. The SMILES string of the molecule is CCC(NC(C)CCC1CCCO1)C(C)C. The minimum Gasteiger partial charge on any atom is -0.378 e. The summed E-state index contributed by atoms with van der Waals surface area (Å²) in [6.07, 6.45) is 6.77. The van der Waals surface area contributed by atoms with Crippen molar-refractivity contribution in [3.63, 3.8) is 0 Å². The van der Waals surface area contributed by atoms with E-state index in [-0.39, 0.29) is 0 Å². The molecule has 0 spiro atoms. The second-order valence-electron chi connectivity index (χ2n) is 5.54. The molecule has 1 fully saturated rings. The van der Waals surface area contributed by atoms with Gasteiger partial charge in [-0.1, -0.05) is 20.8 Å². The summed E-state index contributed by atoms with van der Waals surface area (Å²) in [6.45, 7) is 10.2. The van der Waals surface area contributed by atoms with Crippen LogP contribution in [0.4, 0.5) is 0 Å². The van der Waals surface area contributed by atoms with Gasteiger partial charge < -0.3 is 10.1 Å². The fourth-order valence-corrected chi connectivity index (χ4v) is 2.54. The Kier molecular flexibility index (Phi) is 6.37. The number of ether oxygens (including phenoxy) is 1. The summed E-state index contributed by atoms with van der Waals surface area (Å²) in [4.78, 5) is 0. The molecule has 0 aliphatic carbocycles. The van der Waals surface area contributed by atoms with Crippen LogP contribution in [0.5, 0.6) is 0 Å². The van der Waals surface area contributed by atoms with E-state index in [1.54, 1.807) is 0 Å². The number of rotatable bonds is 7. The maximum Gasteiger partial charge on any atom is 0.0576 e. The molecule has 0 aromatic rings. The van der Waals surface area contributed by atoms with E-state index in [0.29, 0.717) is 18.2 Å². The van der Waals surface area contributed by atoms with E-state index in [9.17, 15) is 0 Å². The Morgan fingerprint density at radius 2 is 2.06 bits per heavy atom. The first kappa shape index (κ1) is 14.0. The maximum absolute atomic E-state index is 5.65. The van der Waals surface area contributed by atoms with Crippen LogP contribution in [0.15, 0.2) is 0 Å². The van der Waals surface area contributed by atoms with E-state index >= 15 is 0 Å². The van der Waals surface area contributed by atoms with Crippen LogP contribution in [0, 0.1) is 5.92 Å². The zero-order chi connectivity index (χ0) is 12.0. The van der Waals surface area contributed by atoms with Crippen LogP contribution in [0.25, 0.3) is 0 Å². The third-order valence-corrected chi connectivity index (χ3v) is 3.69. The van der Waals surface area contributed by atoms with Crippen molar-refractivity contribution in [2.24, 2.45) is 5.92 Å². The van der Waals surface area contributed by atoms with Gasteiger partial charge in [-0.3, -0.25) is 0 Å². The fraction of sp³-hybridized carbons (Fsp3) is 1.00. The molecule has 1 N–H and O–H groups in total. The van der Waals surface area contributed by atoms with Crippen LogP contribution >= 0.6 is 0 Å². The molecule has 3 unspecified atom stereocenters. The average molecular weight is 227 g/mol. The van der Waals surface area contributed by atoms with Crippen molar-refractivity contribution in [3.8, 4) is 0 Å². The number of hydrogen-bond donors (Lipinski definition) is 1. The van der Waals surface area contributed by atoms with Gasteiger partial charge in [0, 0.05) is 18.7 Å². The zero-order valence-electron chi connectivity index (χ0n) is 11.5. The summed E-state index contributed by atoms with van der Waals surface area (Å²) in [6, 6.07) is 1.29. The molecule has 3 atom stereocenters. The Morgan fingerprint density at radius 3 is 2.56 bits per heavy atom. The molecule has 2 nitrogen and oxygen atoms in total. The van der Waals surface area contributed by atoms with Gasteiger partial charge in [0.1, 0.15) is 0 Å². The maximum atomic E-state index is 5.65. The monoisotopic (exact) mass is 227 g/mol. The largest absolute Gasteiger partial charge is 0.378 e. The number of nitrogens with one attached hydrogen (secondary N) is 1. The van der Waals surface area contributed by atoms with E-state index in [1.807, 2.05) is 0 Å². The van der Waals surface area contributed by atoms with Crippen molar-refractivity contribution in [1.82, 2.24) is 5.32 Å². The van der Waals surface area contributed by atoms with Crippen molar-refractivity contribution >= 4 is 0 Å². The highest BCUT2D eigenvalue weighted by Gasteiger charge is 2.18. The molecule has 1 aliphatic heterocycles. The third kappa shape index (κ3) is 4.84. The molecule has 1 rings (SSSR count). The zero-order valence-corrected chi connectivity index (χ0v) is 11.5. The van der Waals surface area contributed by atoms with E-state index in [1.165, 1.54) is 32.1 Å². The molecule has 0 bridgehead atoms. The van der Waals surface area contributed by atoms with E-state index in [0.717, 1.165) is 12.5 Å². The lowest BCUT2D eigenvalue weighted by molar-refractivity contribution is 0.0993. The normalized spacial score (nSPS) is 24.9. The van der Waals surface area contributed by atoms with E-state index in [2.05, 4.69) is 33.0 Å². The van der Waals surface area contributed by atoms with Crippen molar-refractivity contribution in [1.29, 1.82) is 0 Å². The fourth-order valence-electron chi connectivity index (χ4n) is 2.54. The molecule has 1 heterocycles. The first-order valence-corrected chi connectivity index (χ1v) is 7.01. The van der Waals surface area contributed by atoms with Crippen molar-refractivity contribution in [2.75, 3.05) is 6.61 Å². The molecule has 0 aromatic heterocycles. The molecule has 0 amide bonds. The molecule has 0 saturated carbocycles.